The number of aromatic nitrogens is 2. The first-order chi connectivity index (χ1) is 18.0. The quantitative estimate of drug-likeness (QED) is 0.300. The Bertz CT molecular complexity index is 1290. The van der Waals surface area contributed by atoms with Gasteiger partial charge in [0.05, 0.1) is 11.0 Å². The first-order valence-corrected chi connectivity index (χ1v) is 13.5. The van der Waals surface area contributed by atoms with Gasteiger partial charge in [0, 0.05) is 38.5 Å². The number of aryl methyl sites for hydroxylation is 1. The highest BCUT2D eigenvalue weighted by atomic mass is 16.6. The summed E-state index contributed by atoms with van der Waals surface area (Å²) in [4.78, 5) is 50.7. The van der Waals surface area contributed by atoms with Crippen molar-refractivity contribution >= 4 is 28.9 Å². The molecule has 0 spiro atoms. The van der Waals surface area contributed by atoms with Crippen molar-refractivity contribution in [2.45, 2.75) is 90.7 Å². The molecule has 9 nitrogen and oxygen atoms in total. The average Bonchev–Trinajstić information content (AvgIpc) is 3.09. The molecule has 1 saturated heterocycles. The first kappa shape index (κ1) is 29.0. The lowest BCUT2D eigenvalue weighted by Gasteiger charge is -2.26. The molecule has 1 aromatic heterocycles. The summed E-state index contributed by atoms with van der Waals surface area (Å²) < 4.78 is 8.44. The van der Waals surface area contributed by atoms with Crippen LogP contribution < -0.4 is 11.0 Å². The van der Waals surface area contributed by atoms with Crippen LogP contribution in [0.5, 0.6) is 0 Å². The van der Waals surface area contributed by atoms with Crippen molar-refractivity contribution in [3.63, 3.8) is 0 Å². The highest BCUT2D eigenvalue weighted by molar-refractivity contribution is 6.00. The molecule has 0 saturated carbocycles. The molecule has 38 heavy (non-hydrogen) atoms. The van der Waals surface area contributed by atoms with E-state index in [-0.39, 0.29) is 24.1 Å². The molecule has 1 aliphatic heterocycles. The number of nitrogens with one attached hydrogen (secondary N) is 1. The average molecular weight is 525 g/mol. The summed E-state index contributed by atoms with van der Waals surface area (Å²) in [7, 11) is 1.68. The van der Waals surface area contributed by atoms with E-state index in [1.807, 2.05) is 45.9 Å². The number of unbranched alkanes of at least 4 members (excludes halogenated alkanes) is 5. The van der Waals surface area contributed by atoms with Gasteiger partial charge in [-0.15, -0.1) is 0 Å². The molecule has 3 rings (SSSR count). The maximum Gasteiger partial charge on any atom is 0.410 e. The Morgan fingerprint density at radius 3 is 2.50 bits per heavy atom. The minimum atomic E-state index is -0.691. The van der Waals surface area contributed by atoms with Gasteiger partial charge in [-0.1, -0.05) is 31.1 Å². The topological polar surface area (TPSA) is 103 Å². The summed E-state index contributed by atoms with van der Waals surface area (Å²) in [5.41, 5.74) is 1.42. The summed E-state index contributed by atoms with van der Waals surface area (Å²) in [6.45, 7) is 8.95. The Labute approximate surface area is 224 Å². The van der Waals surface area contributed by atoms with E-state index in [1.54, 1.807) is 11.9 Å². The van der Waals surface area contributed by atoms with Gasteiger partial charge in [-0.05, 0) is 65.2 Å². The van der Waals surface area contributed by atoms with Crippen LogP contribution in [-0.4, -0.2) is 50.6 Å². The summed E-state index contributed by atoms with van der Waals surface area (Å²) in [5.74, 6) is 5.66. The second-order valence-corrected chi connectivity index (χ2v) is 10.8. The standard InChI is InChI=1S/C29H40N4O5/c1-6-32(28(37)38-29(2,3)4)19-13-11-9-7-8-10-12-14-21-15-16-22-24(20-21)31(5)27(36)33(22)23-17-18-25(34)30-26(23)35/h15-16,20,23H,6-11,13,17-19H2,1-5H3,(H,30,34,35). The third kappa shape index (κ3) is 7.50. The van der Waals surface area contributed by atoms with Crippen molar-refractivity contribution in [2.24, 2.45) is 7.05 Å². The molecule has 0 bridgehead atoms. The normalized spacial score (nSPS) is 15.7. The number of imidazole rings is 1. The highest BCUT2D eigenvalue weighted by Crippen LogP contribution is 2.23. The lowest BCUT2D eigenvalue weighted by Crippen LogP contribution is -2.44. The van der Waals surface area contributed by atoms with Gasteiger partial charge < -0.3 is 9.64 Å². The molecular weight excluding hydrogens is 484 g/mol. The third-order valence-corrected chi connectivity index (χ3v) is 6.61. The second kappa shape index (κ2) is 12.8. The van der Waals surface area contributed by atoms with E-state index in [1.165, 1.54) is 9.13 Å². The van der Waals surface area contributed by atoms with Crippen molar-refractivity contribution < 1.29 is 19.1 Å². The largest absolute Gasteiger partial charge is 0.444 e. The van der Waals surface area contributed by atoms with Crippen LogP contribution in [0.3, 0.4) is 0 Å². The predicted molar refractivity (Wildman–Crippen MR) is 147 cm³/mol. The van der Waals surface area contributed by atoms with E-state index in [9.17, 15) is 19.2 Å². The van der Waals surface area contributed by atoms with E-state index in [2.05, 4.69) is 17.2 Å². The van der Waals surface area contributed by atoms with Crippen LogP contribution in [0.1, 0.15) is 90.7 Å². The Morgan fingerprint density at radius 2 is 1.82 bits per heavy atom. The number of piperidine rings is 1. The molecular formula is C29H40N4O5. The molecule has 2 aromatic rings. The molecule has 1 aromatic carbocycles. The number of hydrogen-bond donors (Lipinski definition) is 1. The number of nitrogens with zero attached hydrogens (tertiary/aromatic N) is 3. The van der Waals surface area contributed by atoms with Crippen LogP contribution in [0.4, 0.5) is 4.79 Å². The van der Waals surface area contributed by atoms with Gasteiger partial charge in [0.15, 0.2) is 0 Å². The summed E-state index contributed by atoms with van der Waals surface area (Å²) >= 11 is 0. The fourth-order valence-electron chi connectivity index (χ4n) is 4.59. The summed E-state index contributed by atoms with van der Waals surface area (Å²) in [6.07, 6.45) is 6.25. The molecule has 206 valence electrons. The lowest BCUT2D eigenvalue weighted by atomic mass is 10.1. The predicted octanol–water partition coefficient (Wildman–Crippen LogP) is 4.27. The van der Waals surface area contributed by atoms with Crippen molar-refractivity contribution in [2.75, 3.05) is 13.1 Å². The number of rotatable bonds is 9. The van der Waals surface area contributed by atoms with Gasteiger partial charge in [-0.25, -0.2) is 9.59 Å². The monoisotopic (exact) mass is 524 g/mol. The third-order valence-electron chi connectivity index (χ3n) is 6.61. The van der Waals surface area contributed by atoms with Gasteiger partial charge in [0.1, 0.15) is 11.6 Å². The van der Waals surface area contributed by atoms with E-state index >= 15 is 0 Å². The minimum absolute atomic E-state index is 0.214. The number of amides is 3. The van der Waals surface area contributed by atoms with E-state index in [0.717, 1.165) is 44.1 Å². The zero-order valence-corrected chi connectivity index (χ0v) is 23.3. The van der Waals surface area contributed by atoms with Gasteiger partial charge in [-0.3, -0.25) is 24.0 Å². The van der Waals surface area contributed by atoms with Crippen LogP contribution in [0, 0.1) is 11.8 Å². The van der Waals surface area contributed by atoms with Crippen LogP contribution in [-0.2, 0) is 21.4 Å². The van der Waals surface area contributed by atoms with Crippen molar-refractivity contribution in [3.8, 4) is 11.8 Å². The molecule has 0 aliphatic carbocycles. The number of carbonyl (C=O) groups is 3. The molecule has 1 unspecified atom stereocenters. The molecule has 3 amide bonds. The van der Waals surface area contributed by atoms with Crippen LogP contribution in [0.15, 0.2) is 23.0 Å². The zero-order chi connectivity index (χ0) is 27.9. The summed E-state index contributed by atoms with van der Waals surface area (Å²) in [6, 6.07) is 4.86. The molecule has 1 fully saturated rings. The fraction of sp³-hybridized carbons (Fsp3) is 0.586. The van der Waals surface area contributed by atoms with E-state index in [0.29, 0.717) is 30.5 Å². The zero-order valence-electron chi connectivity index (χ0n) is 23.3. The fourth-order valence-corrected chi connectivity index (χ4v) is 4.59. The first-order valence-electron chi connectivity index (χ1n) is 13.5. The van der Waals surface area contributed by atoms with Gasteiger partial charge in [-0.2, -0.15) is 0 Å². The molecule has 1 N–H and O–H groups in total. The summed E-state index contributed by atoms with van der Waals surface area (Å²) in [5, 5.41) is 2.33. The number of carbonyl (C=O) groups excluding carboxylic acids is 3. The van der Waals surface area contributed by atoms with Gasteiger partial charge >= 0.3 is 11.8 Å². The number of imide groups is 1. The van der Waals surface area contributed by atoms with Gasteiger partial charge in [0.25, 0.3) is 0 Å². The lowest BCUT2D eigenvalue weighted by molar-refractivity contribution is -0.135. The van der Waals surface area contributed by atoms with Crippen LogP contribution in [0.2, 0.25) is 0 Å². The van der Waals surface area contributed by atoms with Crippen LogP contribution >= 0.6 is 0 Å². The molecule has 1 atom stereocenters. The molecule has 2 heterocycles. The second-order valence-electron chi connectivity index (χ2n) is 10.8. The van der Waals surface area contributed by atoms with Crippen molar-refractivity contribution in [3.05, 3.63) is 34.2 Å². The molecule has 9 heteroatoms. The minimum Gasteiger partial charge on any atom is -0.444 e. The number of fused-ring (bicyclic) bond motifs is 1. The Kier molecular flexibility index (Phi) is 9.78. The van der Waals surface area contributed by atoms with Gasteiger partial charge in [0.2, 0.25) is 11.8 Å². The number of benzene rings is 1. The van der Waals surface area contributed by atoms with E-state index < -0.39 is 17.6 Å². The maximum atomic E-state index is 12.9. The maximum absolute atomic E-state index is 12.9. The number of ether oxygens (including phenoxy) is 1. The van der Waals surface area contributed by atoms with Crippen LogP contribution in [0.25, 0.3) is 11.0 Å². The highest BCUT2D eigenvalue weighted by Gasteiger charge is 2.31. The Balaban J connectivity index is 1.46. The Morgan fingerprint density at radius 1 is 1.11 bits per heavy atom. The SMILES string of the molecule is CCN(CCCCCCCC#Cc1ccc2c(c1)n(C)c(=O)n2C1CCC(=O)NC1=O)C(=O)OC(C)(C)C. The van der Waals surface area contributed by atoms with Crippen molar-refractivity contribution in [1.29, 1.82) is 0 Å². The van der Waals surface area contributed by atoms with Crippen molar-refractivity contribution in [1.82, 2.24) is 19.4 Å². The molecule has 0 radical (unpaired) electrons. The van der Waals surface area contributed by atoms with E-state index in [4.69, 9.17) is 4.74 Å². The molecule has 1 aliphatic rings. The Hall–Kier alpha value is -3.54. The number of hydrogen-bond acceptors (Lipinski definition) is 5. The smallest absolute Gasteiger partial charge is 0.410 e.